The van der Waals surface area contributed by atoms with E-state index in [1.165, 1.54) is 0 Å². The average molecular weight is 343 g/mol. The van der Waals surface area contributed by atoms with Crippen molar-refractivity contribution in [3.8, 4) is 0 Å². The molecule has 2 heterocycles. The highest BCUT2D eigenvalue weighted by atomic mass is 32.2. The van der Waals surface area contributed by atoms with Crippen LogP contribution in [0.25, 0.3) is 0 Å². The van der Waals surface area contributed by atoms with Crippen molar-refractivity contribution in [2.45, 2.75) is 37.8 Å². The Kier molecular flexibility index (Phi) is 5.74. The van der Waals surface area contributed by atoms with E-state index in [-0.39, 0.29) is 5.92 Å². The van der Waals surface area contributed by atoms with Gasteiger partial charge in [0.1, 0.15) is 5.82 Å². The molecule has 0 amide bonds. The van der Waals surface area contributed by atoms with Crippen LogP contribution in [-0.4, -0.2) is 39.6 Å². The summed E-state index contributed by atoms with van der Waals surface area (Å²) < 4.78 is 2.18. The van der Waals surface area contributed by atoms with Gasteiger partial charge in [0.2, 0.25) is 0 Å². The lowest BCUT2D eigenvalue weighted by Gasteiger charge is -2.32. The SMILES string of the molecule is CCn1ccnc1CN1CCCC(C(=O)c2ccccc2SC)C1. The molecule has 24 heavy (non-hydrogen) atoms. The van der Waals surface area contributed by atoms with Crippen LogP contribution >= 0.6 is 11.8 Å². The molecule has 1 atom stereocenters. The quantitative estimate of drug-likeness (QED) is 0.592. The molecule has 1 fully saturated rings. The average Bonchev–Trinajstić information content (AvgIpc) is 3.08. The van der Waals surface area contributed by atoms with Crippen molar-refractivity contribution in [1.29, 1.82) is 0 Å². The molecule has 4 nitrogen and oxygen atoms in total. The van der Waals surface area contributed by atoms with E-state index in [9.17, 15) is 4.79 Å². The van der Waals surface area contributed by atoms with Crippen LogP contribution in [0.3, 0.4) is 0 Å². The molecule has 0 radical (unpaired) electrons. The molecule has 1 aliphatic rings. The predicted molar refractivity (Wildman–Crippen MR) is 98.5 cm³/mol. The minimum absolute atomic E-state index is 0.0945. The molecule has 1 aliphatic heterocycles. The molecule has 1 saturated heterocycles. The number of carbonyl (C=O) groups is 1. The van der Waals surface area contributed by atoms with Crippen molar-refractivity contribution in [3.05, 3.63) is 48.0 Å². The molecule has 0 bridgehead atoms. The predicted octanol–water partition coefficient (Wildman–Crippen LogP) is 3.72. The third kappa shape index (κ3) is 3.73. The Bertz CT molecular complexity index is 697. The molecule has 1 unspecified atom stereocenters. The summed E-state index contributed by atoms with van der Waals surface area (Å²) in [7, 11) is 0. The standard InChI is InChI=1S/C19H25N3OS/c1-3-22-12-10-20-18(22)14-21-11-6-7-15(13-21)19(23)16-8-4-5-9-17(16)24-2/h4-5,8-10,12,15H,3,6-7,11,13-14H2,1-2H3. The maximum Gasteiger partial charge on any atom is 0.168 e. The van der Waals surface area contributed by atoms with Crippen LogP contribution in [-0.2, 0) is 13.1 Å². The highest BCUT2D eigenvalue weighted by molar-refractivity contribution is 7.98. The van der Waals surface area contributed by atoms with Gasteiger partial charge < -0.3 is 4.57 Å². The van der Waals surface area contributed by atoms with Gasteiger partial charge in [-0.25, -0.2) is 4.98 Å². The van der Waals surface area contributed by atoms with Crippen LogP contribution in [0.15, 0.2) is 41.6 Å². The largest absolute Gasteiger partial charge is 0.334 e. The first kappa shape index (κ1) is 17.2. The summed E-state index contributed by atoms with van der Waals surface area (Å²) in [6, 6.07) is 7.97. The Morgan fingerprint density at radius 3 is 3.00 bits per heavy atom. The molecular formula is C19H25N3OS. The summed E-state index contributed by atoms with van der Waals surface area (Å²) in [5.41, 5.74) is 0.881. The number of piperidine rings is 1. The third-order valence-electron chi connectivity index (χ3n) is 4.76. The van der Waals surface area contributed by atoms with Gasteiger partial charge in [-0.2, -0.15) is 0 Å². The molecule has 3 rings (SSSR count). The van der Waals surface area contributed by atoms with E-state index in [2.05, 4.69) is 21.4 Å². The van der Waals surface area contributed by atoms with E-state index in [0.29, 0.717) is 5.78 Å². The maximum atomic E-state index is 13.0. The van der Waals surface area contributed by atoms with Crippen molar-refractivity contribution in [3.63, 3.8) is 0 Å². The van der Waals surface area contributed by atoms with Gasteiger partial charge >= 0.3 is 0 Å². The first-order valence-electron chi connectivity index (χ1n) is 8.62. The summed E-state index contributed by atoms with van der Waals surface area (Å²) in [6.45, 7) is 5.77. The molecule has 1 aromatic heterocycles. The number of aryl methyl sites for hydroxylation is 1. The molecule has 5 heteroatoms. The Labute approximate surface area is 148 Å². The fourth-order valence-electron chi connectivity index (χ4n) is 3.46. The molecule has 0 N–H and O–H groups in total. The number of likely N-dealkylation sites (tertiary alicyclic amines) is 1. The summed E-state index contributed by atoms with van der Waals surface area (Å²) in [5, 5.41) is 0. The lowest BCUT2D eigenvalue weighted by atomic mass is 9.90. The van der Waals surface area contributed by atoms with E-state index in [1.54, 1.807) is 11.8 Å². The first-order valence-corrected chi connectivity index (χ1v) is 9.85. The highest BCUT2D eigenvalue weighted by Crippen LogP contribution is 2.27. The normalized spacial score (nSPS) is 18.7. The second-order valence-corrected chi connectivity index (χ2v) is 7.12. The van der Waals surface area contributed by atoms with Gasteiger partial charge in [-0.15, -0.1) is 11.8 Å². The van der Waals surface area contributed by atoms with Gasteiger partial charge in [-0.05, 0) is 38.6 Å². The van der Waals surface area contributed by atoms with Crippen LogP contribution in [0.4, 0.5) is 0 Å². The Hall–Kier alpha value is -1.59. The smallest absolute Gasteiger partial charge is 0.168 e. The number of benzene rings is 1. The van der Waals surface area contributed by atoms with E-state index in [4.69, 9.17) is 0 Å². The van der Waals surface area contributed by atoms with Crippen LogP contribution in [0.1, 0.15) is 35.9 Å². The van der Waals surface area contributed by atoms with Crippen molar-refractivity contribution >= 4 is 17.5 Å². The molecular weight excluding hydrogens is 318 g/mol. The van der Waals surface area contributed by atoms with Gasteiger partial charge in [-0.1, -0.05) is 18.2 Å². The van der Waals surface area contributed by atoms with Gasteiger partial charge in [0.15, 0.2) is 5.78 Å². The second-order valence-electron chi connectivity index (χ2n) is 6.27. The van der Waals surface area contributed by atoms with Crippen molar-refractivity contribution in [2.24, 2.45) is 5.92 Å². The van der Waals surface area contributed by atoms with E-state index < -0.39 is 0 Å². The van der Waals surface area contributed by atoms with Crippen molar-refractivity contribution in [2.75, 3.05) is 19.3 Å². The van der Waals surface area contributed by atoms with Gasteiger partial charge in [0.05, 0.1) is 6.54 Å². The summed E-state index contributed by atoms with van der Waals surface area (Å²) >= 11 is 1.65. The molecule has 0 aliphatic carbocycles. The number of hydrogen-bond donors (Lipinski definition) is 0. The summed E-state index contributed by atoms with van der Waals surface area (Å²) in [6.07, 6.45) is 7.98. The number of Topliss-reactive ketones (excluding diaryl/α,β-unsaturated/α-hetero) is 1. The lowest BCUT2D eigenvalue weighted by Crippen LogP contribution is -2.39. The van der Waals surface area contributed by atoms with E-state index in [1.807, 2.05) is 42.9 Å². The second kappa shape index (κ2) is 7.99. The number of nitrogens with zero attached hydrogens (tertiary/aromatic N) is 3. The number of ketones is 1. The van der Waals surface area contributed by atoms with Crippen LogP contribution in [0.2, 0.25) is 0 Å². The Morgan fingerprint density at radius 2 is 2.21 bits per heavy atom. The molecule has 2 aromatic rings. The first-order chi connectivity index (χ1) is 11.7. The number of carbonyl (C=O) groups excluding carboxylic acids is 1. The highest BCUT2D eigenvalue weighted by Gasteiger charge is 2.28. The number of aromatic nitrogens is 2. The van der Waals surface area contributed by atoms with Gasteiger partial charge in [0, 0.05) is 41.9 Å². The zero-order valence-electron chi connectivity index (χ0n) is 14.4. The van der Waals surface area contributed by atoms with Crippen LogP contribution in [0.5, 0.6) is 0 Å². The Morgan fingerprint density at radius 1 is 1.38 bits per heavy atom. The minimum atomic E-state index is 0.0945. The molecule has 128 valence electrons. The molecule has 0 saturated carbocycles. The van der Waals surface area contributed by atoms with E-state index in [0.717, 1.165) is 55.3 Å². The number of hydrogen-bond acceptors (Lipinski definition) is 4. The maximum absolute atomic E-state index is 13.0. The summed E-state index contributed by atoms with van der Waals surface area (Å²) in [4.78, 5) is 20.9. The zero-order chi connectivity index (χ0) is 16.9. The monoisotopic (exact) mass is 343 g/mol. The molecule has 0 spiro atoms. The van der Waals surface area contributed by atoms with Crippen LogP contribution < -0.4 is 0 Å². The lowest BCUT2D eigenvalue weighted by molar-refractivity contribution is 0.0804. The third-order valence-corrected chi connectivity index (χ3v) is 5.55. The van der Waals surface area contributed by atoms with Gasteiger partial charge in [-0.3, -0.25) is 9.69 Å². The van der Waals surface area contributed by atoms with Crippen molar-refractivity contribution < 1.29 is 4.79 Å². The minimum Gasteiger partial charge on any atom is -0.334 e. The summed E-state index contributed by atoms with van der Waals surface area (Å²) in [5.74, 6) is 1.48. The fourth-order valence-corrected chi connectivity index (χ4v) is 4.06. The van der Waals surface area contributed by atoms with E-state index >= 15 is 0 Å². The zero-order valence-corrected chi connectivity index (χ0v) is 15.3. The fraction of sp³-hybridized carbons (Fsp3) is 0.474. The molecule has 1 aromatic carbocycles. The van der Waals surface area contributed by atoms with Gasteiger partial charge in [0.25, 0.3) is 0 Å². The number of rotatable bonds is 6. The number of imidazole rings is 1. The van der Waals surface area contributed by atoms with Crippen molar-refractivity contribution in [1.82, 2.24) is 14.5 Å². The number of thioether (sulfide) groups is 1. The topological polar surface area (TPSA) is 38.1 Å². The Balaban J connectivity index is 1.70. The van der Waals surface area contributed by atoms with Crippen LogP contribution in [0, 0.1) is 5.92 Å².